The van der Waals surface area contributed by atoms with Crippen molar-refractivity contribution < 1.29 is 22.7 Å². The summed E-state index contributed by atoms with van der Waals surface area (Å²) < 4.78 is 43.7. The minimum absolute atomic E-state index is 0.126. The van der Waals surface area contributed by atoms with Crippen molar-refractivity contribution in [2.24, 2.45) is 0 Å². The number of hydrogen-bond acceptors (Lipinski definition) is 2. The highest BCUT2D eigenvalue weighted by Gasteiger charge is 2.25. The van der Waals surface area contributed by atoms with Gasteiger partial charge >= 0.3 is 0 Å². The molecule has 0 aliphatic rings. The van der Waals surface area contributed by atoms with Crippen molar-refractivity contribution in [2.45, 2.75) is 13.0 Å². The van der Waals surface area contributed by atoms with Gasteiger partial charge in [0.25, 0.3) is 5.24 Å². The Bertz CT molecular complexity index is 435. The van der Waals surface area contributed by atoms with Gasteiger partial charge in [0.15, 0.2) is 23.6 Å². The quantitative estimate of drug-likeness (QED) is 0.611. The molecule has 0 radical (unpaired) electrons. The number of halogens is 4. The predicted octanol–water partition coefficient (Wildman–Crippen LogP) is 2.87. The molecule has 0 unspecified atom stereocenters. The molecule has 0 saturated heterocycles. The number of ether oxygens (including phenoxy) is 1. The molecule has 6 heteroatoms. The number of carbonyl (C=O) groups excluding carboxylic acids is 1. The topological polar surface area (TPSA) is 26.3 Å². The molecule has 88 valence electrons. The molecule has 0 aromatic heterocycles. The molecule has 1 aromatic rings. The van der Waals surface area contributed by atoms with Gasteiger partial charge in [-0.05, 0) is 35.7 Å². The second kappa shape index (κ2) is 4.84. The van der Waals surface area contributed by atoms with E-state index < -0.39 is 28.8 Å². The van der Waals surface area contributed by atoms with Crippen LogP contribution in [0.1, 0.15) is 17.2 Å². The zero-order valence-corrected chi connectivity index (χ0v) is 9.24. The minimum Gasteiger partial charge on any atom is -0.368 e. The van der Waals surface area contributed by atoms with Crippen LogP contribution in [0.5, 0.6) is 0 Å². The summed E-state index contributed by atoms with van der Waals surface area (Å²) in [5.41, 5.74) is -0.335. The molecule has 1 atom stereocenters. The maximum absolute atomic E-state index is 13.2. The average Bonchev–Trinajstić information content (AvgIpc) is 2.23. The molecular weight excluding hydrogens is 245 g/mol. The summed E-state index contributed by atoms with van der Waals surface area (Å²) in [5.74, 6) is -4.33. The standard InChI is InChI=1S/C10H8ClF3O2/c1-4-5(9(16-2)10(11)15)3-6(12)8(14)7(4)13/h3,9H,1-2H3/t9-/m0/s1. The Balaban J connectivity index is 3.39. The molecule has 0 amide bonds. The van der Waals surface area contributed by atoms with Crippen LogP contribution >= 0.6 is 11.6 Å². The molecule has 0 fully saturated rings. The van der Waals surface area contributed by atoms with Gasteiger partial charge < -0.3 is 4.74 Å². The van der Waals surface area contributed by atoms with E-state index in [4.69, 9.17) is 16.3 Å². The van der Waals surface area contributed by atoms with Crippen LogP contribution in [0.4, 0.5) is 13.2 Å². The normalized spacial score (nSPS) is 12.6. The van der Waals surface area contributed by atoms with E-state index in [1.165, 1.54) is 6.92 Å². The first-order chi connectivity index (χ1) is 7.40. The highest BCUT2D eigenvalue weighted by Crippen LogP contribution is 2.27. The largest absolute Gasteiger partial charge is 0.368 e. The summed E-state index contributed by atoms with van der Waals surface area (Å²) in [6.45, 7) is 1.21. The second-order valence-corrected chi connectivity index (χ2v) is 3.49. The fraction of sp³-hybridized carbons (Fsp3) is 0.300. The van der Waals surface area contributed by atoms with Gasteiger partial charge in [-0.1, -0.05) is 0 Å². The Hall–Kier alpha value is -1.07. The van der Waals surface area contributed by atoms with Crippen LogP contribution in [-0.4, -0.2) is 12.4 Å². The first-order valence-corrected chi connectivity index (χ1v) is 4.64. The van der Waals surface area contributed by atoms with E-state index in [9.17, 15) is 18.0 Å². The van der Waals surface area contributed by atoms with Gasteiger partial charge in [0.1, 0.15) is 0 Å². The Kier molecular flexibility index (Phi) is 3.93. The number of benzene rings is 1. The van der Waals surface area contributed by atoms with Gasteiger partial charge in [-0.15, -0.1) is 0 Å². The highest BCUT2D eigenvalue weighted by molar-refractivity contribution is 6.64. The Morgan fingerprint density at radius 2 is 1.94 bits per heavy atom. The molecule has 0 bridgehead atoms. The Morgan fingerprint density at radius 3 is 2.38 bits per heavy atom. The van der Waals surface area contributed by atoms with Crippen molar-refractivity contribution in [1.82, 2.24) is 0 Å². The number of methoxy groups -OCH3 is 1. The van der Waals surface area contributed by atoms with E-state index in [1.54, 1.807) is 0 Å². The molecule has 0 saturated carbocycles. The average molecular weight is 253 g/mol. The third-order valence-corrected chi connectivity index (χ3v) is 2.37. The first-order valence-electron chi connectivity index (χ1n) is 4.26. The fourth-order valence-electron chi connectivity index (χ4n) is 1.32. The van der Waals surface area contributed by atoms with Crippen LogP contribution in [0, 0.1) is 24.4 Å². The van der Waals surface area contributed by atoms with E-state index in [-0.39, 0.29) is 11.1 Å². The van der Waals surface area contributed by atoms with Crippen molar-refractivity contribution in [3.05, 3.63) is 34.6 Å². The lowest BCUT2D eigenvalue weighted by atomic mass is 10.0. The SMILES string of the molecule is CO[C@H](C(=O)Cl)c1cc(F)c(F)c(F)c1C. The van der Waals surface area contributed by atoms with Crippen LogP contribution in [0.15, 0.2) is 6.07 Å². The van der Waals surface area contributed by atoms with Crippen LogP contribution in [0.25, 0.3) is 0 Å². The molecule has 1 rings (SSSR count). The van der Waals surface area contributed by atoms with E-state index in [0.717, 1.165) is 7.11 Å². The summed E-state index contributed by atoms with van der Waals surface area (Å²) in [5, 5.41) is -0.934. The van der Waals surface area contributed by atoms with Gasteiger partial charge in [0.05, 0.1) is 0 Å². The molecular formula is C10H8ClF3O2. The zero-order chi connectivity index (χ0) is 12.5. The summed E-state index contributed by atoms with van der Waals surface area (Å²) in [6, 6.07) is 0.697. The molecule has 16 heavy (non-hydrogen) atoms. The number of carbonyl (C=O) groups is 1. The van der Waals surface area contributed by atoms with Crippen LogP contribution in [-0.2, 0) is 9.53 Å². The second-order valence-electron chi connectivity index (χ2n) is 3.12. The minimum atomic E-state index is -1.59. The summed E-state index contributed by atoms with van der Waals surface area (Å²) >= 11 is 5.19. The molecule has 0 spiro atoms. The molecule has 0 heterocycles. The summed E-state index contributed by atoms with van der Waals surface area (Å²) in [7, 11) is 1.16. The Morgan fingerprint density at radius 1 is 1.38 bits per heavy atom. The molecule has 0 aliphatic carbocycles. The van der Waals surface area contributed by atoms with Gasteiger partial charge in [-0.3, -0.25) is 4.79 Å². The number of rotatable bonds is 3. The summed E-state index contributed by atoms with van der Waals surface area (Å²) in [6.07, 6.45) is -1.31. The van der Waals surface area contributed by atoms with Crippen LogP contribution in [0.2, 0.25) is 0 Å². The lowest BCUT2D eigenvalue weighted by Gasteiger charge is -2.14. The smallest absolute Gasteiger partial charge is 0.255 e. The van der Waals surface area contributed by atoms with Gasteiger partial charge in [-0.25, -0.2) is 13.2 Å². The highest BCUT2D eigenvalue weighted by atomic mass is 35.5. The number of hydrogen-bond donors (Lipinski definition) is 0. The lowest BCUT2D eigenvalue weighted by molar-refractivity contribution is -0.121. The van der Waals surface area contributed by atoms with Gasteiger partial charge in [0.2, 0.25) is 0 Å². The van der Waals surface area contributed by atoms with Crippen molar-refractivity contribution in [1.29, 1.82) is 0 Å². The maximum atomic E-state index is 13.2. The molecule has 0 aliphatic heterocycles. The summed E-state index contributed by atoms with van der Waals surface area (Å²) in [4.78, 5) is 10.9. The van der Waals surface area contributed by atoms with Crippen molar-refractivity contribution >= 4 is 16.8 Å². The Labute approximate surface area is 95.0 Å². The van der Waals surface area contributed by atoms with E-state index in [1.807, 2.05) is 0 Å². The van der Waals surface area contributed by atoms with Crippen molar-refractivity contribution in [2.75, 3.05) is 7.11 Å². The third kappa shape index (κ3) is 2.20. The van der Waals surface area contributed by atoms with E-state index in [2.05, 4.69) is 0 Å². The van der Waals surface area contributed by atoms with Gasteiger partial charge in [0, 0.05) is 7.11 Å². The van der Waals surface area contributed by atoms with Crippen molar-refractivity contribution in [3.8, 4) is 0 Å². The first kappa shape index (κ1) is 13.0. The van der Waals surface area contributed by atoms with Gasteiger partial charge in [-0.2, -0.15) is 0 Å². The monoisotopic (exact) mass is 252 g/mol. The van der Waals surface area contributed by atoms with Crippen molar-refractivity contribution in [3.63, 3.8) is 0 Å². The van der Waals surface area contributed by atoms with E-state index in [0.29, 0.717) is 6.07 Å². The zero-order valence-electron chi connectivity index (χ0n) is 8.48. The van der Waals surface area contributed by atoms with Crippen LogP contribution in [0.3, 0.4) is 0 Å². The lowest BCUT2D eigenvalue weighted by Crippen LogP contribution is -2.13. The third-order valence-electron chi connectivity index (χ3n) is 2.17. The maximum Gasteiger partial charge on any atom is 0.255 e. The van der Waals surface area contributed by atoms with E-state index >= 15 is 0 Å². The molecule has 1 aromatic carbocycles. The molecule has 0 N–H and O–H groups in total. The molecule has 2 nitrogen and oxygen atoms in total. The predicted molar refractivity (Wildman–Crippen MR) is 51.7 cm³/mol. The van der Waals surface area contributed by atoms with Crippen LogP contribution < -0.4 is 0 Å². The fourth-order valence-corrected chi connectivity index (χ4v) is 1.53.